The Balaban J connectivity index is 1.74. The van der Waals surface area contributed by atoms with Crippen LogP contribution < -0.4 is 0 Å². The Morgan fingerprint density at radius 3 is 2.60 bits per heavy atom. The van der Waals surface area contributed by atoms with E-state index < -0.39 is 5.60 Å². The van der Waals surface area contributed by atoms with Crippen LogP contribution in [0.5, 0.6) is 0 Å². The third kappa shape index (κ3) is 4.69. The molecule has 1 heterocycles. The van der Waals surface area contributed by atoms with Gasteiger partial charge >= 0.3 is 0 Å². The average Bonchev–Trinajstić information content (AvgIpc) is 2.42. The highest BCUT2D eigenvalue weighted by atomic mass is 16.5. The Morgan fingerprint density at radius 2 is 1.95 bits per heavy atom. The highest BCUT2D eigenvalue weighted by molar-refractivity contribution is 4.88. The fourth-order valence-electron chi connectivity index (χ4n) is 3.66. The fraction of sp³-hybridized carbons (Fsp3) is 1.00. The summed E-state index contributed by atoms with van der Waals surface area (Å²) < 4.78 is 5.45. The van der Waals surface area contributed by atoms with E-state index in [4.69, 9.17) is 4.74 Å². The van der Waals surface area contributed by atoms with Crippen molar-refractivity contribution in [2.45, 2.75) is 57.6 Å². The molecule has 1 aliphatic carbocycles. The van der Waals surface area contributed by atoms with Gasteiger partial charge in [0.25, 0.3) is 0 Å². The highest BCUT2D eigenvalue weighted by Gasteiger charge is 2.33. The van der Waals surface area contributed by atoms with Crippen LogP contribution in [-0.4, -0.2) is 72.5 Å². The van der Waals surface area contributed by atoms with Crippen molar-refractivity contribution in [2.75, 3.05) is 45.9 Å². The van der Waals surface area contributed by atoms with Crippen LogP contribution in [0.15, 0.2) is 0 Å². The number of hydrogen-bond donors (Lipinski definition) is 1. The molecule has 1 atom stereocenters. The third-order valence-electron chi connectivity index (χ3n) is 4.88. The molecule has 2 rings (SSSR count). The molecule has 4 heteroatoms. The van der Waals surface area contributed by atoms with Crippen molar-refractivity contribution in [1.82, 2.24) is 9.80 Å². The lowest BCUT2D eigenvalue weighted by Crippen LogP contribution is -2.56. The van der Waals surface area contributed by atoms with Gasteiger partial charge in [-0.05, 0) is 26.7 Å². The Bertz CT molecular complexity index is 280. The van der Waals surface area contributed by atoms with Crippen LogP contribution in [0, 0.1) is 0 Å². The number of piperazine rings is 1. The molecular formula is C16H32N2O2. The lowest BCUT2D eigenvalue weighted by molar-refractivity contribution is -0.0444. The molecule has 1 saturated heterocycles. The Morgan fingerprint density at radius 1 is 1.20 bits per heavy atom. The maximum absolute atomic E-state index is 10.7. The minimum absolute atomic E-state index is 0.411. The van der Waals surface area contributed by atoms with Gasteiger partial charge in [-0.25, -0.2) is 0 Å². The minimum atomic E-state index is -0.411. The second-order valence-corrected chi connectivity index (χ2v) is 6.60. The molecule has 0 amide bonds. The number of ether oxygens (including phenoxy) is 1. The van der Waals surface area contributed by atoms with E-state index in [1.54, 1.807) is 0 Å². The first-order valence-electron chi connectivity index (χ1n) is 8.39. The van der Waals surface area contributed by atoms with Gasteiger partial charge < -0.3 is 9.84 Å². The second kappa shape index (κ2) is 7.74. The van der Waals surface area contributed by atoms with E-state index in [0.29, 0.717) is 6.04 Å². The van der Waals surface area contributed by atoms with Gasteiger partial charge in [-0.2, -0.15) is 0 Å². The maximum Gasteiger partial charge on any atom is 0.0774 e. The summed E-state index contributed by atoms with van der Waals surface area (Å²) in [4.78, 5) is 4.98. The summed E-state index contributed by atoms with van der Waals surface area (Å²) >= 11 is 0. The third-order valence-corrected chi connectivity index (χ3v) is 4.88. The molecule has 4 nitrogen and oxygen atoms in total. The average molecular weight is 284 g/mol. The molecule has 0 radical (unpaired) electrons. The summed E-state index contributed by atoms with van der Waals surface area (Å²) in [6, 6.07) is 0.566. The van der Waals surface area contributed by atoms with Crippen molar-refractivity contribution in [3.8, 4) is 0 Å². The molecule has 1 N–H and O–H groups in total. The number of β-amino-alcohol motifs (C(OH)–C–C–N with tert-alkyl or cyclic N) is 1. The van der Waals surface area contributed by atoms with Crippen molar-refractivity contribution in [3.63, 3.8) is 0 Å². The van der Waals surface area contributed by atoms with Gasteiger partial charge in [-0.3, -0.25) is 9.80 Å². The van der Waals surface area contributed by atoms with Gasteiger partial charge in [0.05, 0.1) is 12.2 Å². The first-order chi connectivity index (χ1) is 9.63. The van der Waals surface area contributed by atoms with E-state index >= 15 is 0 Å². The molecule has 0 aromatic rings. The number of aliphatic hydroxyl groups is 1. The van der Waals surface area contributed by atoms with E-state index in [9.17, 15) is 5.11 Å². The molecular weight excluding hydrogens is 252 g/mol. The topological polar surface area (TPSA) is 35.9 Å². The molecule has 1 saturated carbocycles. The number of hydrogen-bond acceptors (Lipinski definition) is 4. The molecule has 0 aromatic heterocycles. The zero-order valence-electron chi connectivity index (χ0n) is 13.3. The van der Waals surface area contributed by atoms with Crippen LogP contribution in [0.25, 0.3) is 0 Å². The molecule has 0 spiro atoms. The van der Waals surface area contributed by atoms with Crippen LogP contribution in [0.1, 0.15) is 46.0 Å². The zero-order valence-corrected chi connectivity index (χ0v) is 13.3. The number of nitrogens with zero attached hydrogens (tertiary/aromatic N) is 2. The maximum atomic E-state index is 10.7. The quantitative estimate of drug-likeness (QED) is 0.754. The van der Waals surface area contributed by atoms with Gasteiger partial charge in [0, 0.05) is 45.4 Å². The Kier molecular flexibility index (Phi) is 6.27. The van der Waals surface area contributed by atoms with E-state index in [0.717, 1.165) is 58.8 Å². The van der Waals surface area contributed by atoms with Crippen molar-refractivity contribution in [1.29, 1.82) is 0 Å². The molecule has 0 unspecified atom stereocenters. The van der Waals surface area contributed by atoms with Crippen molar-refractivity contribution >= 4 is 0 Å². The lowest BCUT2D eigenvalue weighted by atomic mass is 9.84. The minimum Gasteiger partial charge on any atom is -0.389 e. The Labute approximate surface area is 124 Å². The normalized spacial score (nSPS) is 28.6. The zero-order chi connectivity index (χ0) is 14.4. The summed E-state index contributed by atoms with van der Waals surface area (Å²) in [5, 5.41) is 10.7. The summed E-state index contributed by atoms with van der Waals surface area (Å²) in [7, 11) is 0. The van der Waals surface area contributed by atoms with Crippen LogP contribution >= 0.6 is 0 Å². The second-order valence-electron chi connectivity index (χ2n) is 6.60. The molecule has 0 aromatic carbocycles. The number of rotatable bonds is 6. The Hall–Kier alpha value is -0.160. The predicted octanol–water partition coefficient (Wildman–Crippen LogP) is 1.72. The molecule has 20 heavy (non-hydrogen) atoms. The van der Waals surface area contributed by atoms with E-state index in [1.165, 1.54) is 19.3 Å². The van der Waals surface area contributed by atoms with E-state index in [-0.39, 0.29) is 0 Å². The predicted molar refractivity (Wildman–Crippen MR) is 82.0 cm³/mol. The summed E-state index contributed by atoms with van der Waals surface area (Å²) in [5.41, 5.74) is -0.411. The smallest absolute Gasteiger partial charge is 0.0774 e. The summed E-state index contributed by atoms with van der Waals surface area (Å²) in [6.07, 6.45) is 5.67. The van der Waals surface area contributed by atoms with Crippen LogP contribution in [0.3, 0.4) is 0 Å². The first-order valence-corrected chi connectivity index (χ1v) is 8.39. The van der Waals surface area contributed by atoms with Crippen LogP contribution in [0.4, 0.5) is 0 Å². The largest absolute Gasteiger partial charge is 0.389 e. The van der Waals surface area contributed by atoms with Gasteiger partial charge in [0.2, 0.25) is 0 Å². The van der Waals surface area contributed by atoms with Gasteiger partial charge in [0.1, 0.15) is 0 Å². The highest BCUT2D eigenvalue weighted by Crippen LogP contribution is 2.29. The lowest BCUT2D eigenvalue weighted by Gasteiger charge is -2.43. The standard InChI is InChI=1S/C16H32N2O2/c1-3-20-12-11-18-10-9-17(13-15(18)2)14-16(19)7-5-4-6-8-16/h15,19H,3-14H2,1-2H3/t15-/m0/s1. The van der Waals surface area contributed by atoms with E-state index in [2.05, 4.69) is 16.7 Å². The molecule has 2 fully saturated rings. The van der Waals surface area contributed by atoms with Gasteiger partial charge in [0.15, 0.2) is 0 Å². The van der Waals surface area contributed by atoms with Gasteiger partial charge in [-0.1, -0.05) is 19.3 Å². The molecule has 2 aliphatic rings. The van der Waals surface area contributed by atoms with Crippen molar-refractivity contribution in [3.05, 3.63) is 0 Å². The fourth-order valence-corrected chi connectivity index (χ4v) is 3.66. The van der Waals surface area contributed by atoms with Crippen LogP contribution in [-0.2, 0) is 4.74 Å². The van der Waals surface area contributed by atoms with Crippen molar-refractivity contribution in [2.24, 2.45) is 0 Å². The summed E-state index contributed by atoms with van der Waals surface area (Å²) in [6.45, 7) is 11.2. The van der Waals surface area contributed by atoms with E-state index in [1.807, 2.05) is 6.92 Å². The molecule has 1 aliphatic heterocycles. The van der Waals surface area contributed by atoms with Crippen LogP contribution in [0.2, 0.25) is 0 Å². The van der Waals surface area contributed by atoms with Gasteiger partial charge in [-0.15, -0.1) is 0 Å². The summed E-state index contributed by atoms with van der Waals surface area (Å²) in [5.74, 6) is 0. The molecule has 0 bridgehead atoms. The SMILES string of the molecule is CCOCCN1CCN(CC2(O)CCCCC2)C[C@@H]1C. The molecule has 118 valence electrons. The van der Waals surface area contributed by atoms with Crippen molar-refractivity contribution < 1.29 is 9.84 Å². The monoisotopic (exact) mass is 284 g/mol. The first kappa shape index (κ1) is 16.2.